The van der Waals surface area contributed by atoms with E-state index in [9.17, 15) is 23.1 Å². The van der Waals surface area contributed by atoms with Crippen molar-refractivity contribution < 1.29 is 23.1 Å². The van der Waals surface area contributed by atoms with Crippen molar-refractivity contribution in [2.24, 2.45) is 0 Å². The molecular formula is C29H42ClN3O5S. The Bertz CT molecular complexity index is 1180. The molecule has 1 atom stereocenters. The van der Waals surface area contributed by atoms with Gasteiger partial charge in [0.05, 0.1) is 17.4 Å². The summed E-state index contributed by atoms with van der Waals surface area (Å²) in [4.78, 5) is 30.1. The van der Waals surface area contributed by atoms with Crippen molar-refractivity contribution in [1.29, 1.82) is 0 Å². The van der Waals surface area contributed by atoms with E-state index in [2.05, 4.69) is 10.2 Å². The highest BCUT2D eigenvalue weighted by molar-refractivity contribution is 7.90. The third kappa shape index (κ3) is 9.60. The van der Waals surface area contributed by atoms with E-state index in [0.717, 1.165) is 50.0 Å². The first-order chi connectivity index (χ1) is 17.9. The number of piperidine rings is 1. The molecule has 1 aliphatic heterocycles. The Morgan fingerprint density at radius 3 is 2.18 bits per heavy atom. The number of aliphatic hydroxyl groups is 1. The first kappa shape index (κ1) is 32.8. The van der Waals surface area contributed by atoms with Crippen LogP contribution < -0.4 is 5.32 Å². The molecule has 0 aromatic heterocycles. The van der Waals surface area contributed by atoms with E-state index in [4.69, 9.17) is 0 Å². The molecule has 0 radical (unpaired) electrons. The molecule has 2 aromatic carbocycles. The predicted octanol–water partition coefficient (Wildman–Crippen LogP) is 3.39. The molecule has 1 aliphatic rings. The zero-order chi connectivity index (χ0) is 27.9. The Morgan fingerprint density at radius 1 is 1.08 bits per heavy atom. The number of benzene rings is 2. The van der Waals surface area contributed by atoms with Gasteiger partial charge in [0.15, 0.2) is 9.84 Å². The van der Waals surface area contributed by atoms with Crippen LogP contribution in [0.5, 0.6) is 0 Å². The molecule has 2 N–H and O–H groups in total. The minimum absolute atomic E-state index is 0. The molecule has 2 aromatic rings. The predicted molar refractivity (Wildman–Crippen MR) is 156 cm³/mol. The van der Waals surface area contributed by atoms with Crippen molar-refractivity contribution in [2.75, 3.05) is 32.4 Å². The minimum atomic E-state index is -3.26. The van der Waals surface area contributed by atoms with Gasteiger partial charge in [0, 0.05) is 38.5 Å². The maximum absolute atomic E-state index is 13.1. The van der Waals surface area contributed by atoms with Crippen LogP contribution in [0.3, 0.4) is 0 Å². The number of rotatable bonds is 11. The van der Waals surface area contributed by atoms with Gasteiger partial charge in [-0.25, -0.2) is 8.42 Å². The lowest BCUT2D eigenvalue weighted by Gasteiger charge is -2.38. The van der Waals surface area contributed by atoms with E-state index >= 15 is 0 Å². The fourth-order valence-corrected chi connectivity index (χ4v) is 5.51. The summed E-state index contributed by atoms with van der Waals surface area (Å²) in [6, 6.07) is 16.3. The van der Waals surface area contributed by atoms with Gasteiger partial charge >= 0.3 is 0 Å². The lowest BCUT2D eigenvalue weighted by molar-refractivity contribution is -0.137. The summed E-state index contributed by atoms with van der Waals surface area (Å²) in [6.45, 7) is 8.11. The third-order valence-corrected chi connectivity index (χ3v) is 8.29. The summed E-state index contributed by atoms with van der Waals surface area (Å²) < 4.78 is 23.4. The average molecular weight is 580 g/mol. The molecule has 216 valence electrons. The number of likely N-dealkylation sites (tertiary alicyclic amines) is 1. The SMILES string of the molecule is CCN(C(=O)Cc1ccc(S(C)(=O)=O)cc1)C1CCN(CC[C@H](NC(=O)C(C)(C)O)c2ccccc2)CC1.Cl. The van der Waals surface area contributed by atoms with Gasteiger partial charge in [-0.1, -0.05) is 42.5 Å². The Balaban J connectivity index is 0.00000533. The van der Waals surface area contributed by atoms with Crippen LogP contribution in [0.4, 0.5) is 0 Å². The first-order valence-corrected chi connectivity index (χ1v) is 15.2. The molecule has 0 aliphatic carbocycles. The van der Waals surface area contributed by atoms with Crippen molar-refractivity contribution >= 4 is 34.1 Å². The number of sulfone groups is 1. The fraction of sp³-hybridized carbons (Fsp3) is 0.517. The van der Waals surface area contributed by atoms with Gasteiger partial charge in [0.2, 0.25) is 5.91 Å². The summed E-state index contributed by atoms with van der Waals surface area (Å²) >= 11 is 0. The summed E-state index contributed by atoms with van der Waals surface area (Å²) in [6.07, 6.45) is 3.89. The van der Waals surface area contributed by atoms with E-state index in [-0.39, 0.29) is 41.7 Å². The van der Waals surface area contributed by atoms with E-state index < -0.39 is 21.3 Å². The second-order valence-corrected chi connectivity index (χ2v) is 12.6. The number of amides is 2. The van der Waals surface area contributed by atoms with Crippen LogP contribution in [0.2, 0.25) is 0 Å². The zero-order valence-corrected chi connectivity index (χ0v) is 24.9. The number of carbonyl (C=O) groups is 2. The van der Waals surface area contributed by atoms with E-state index in [1.807, 2.05) is 42.2 Å². The maximum atomic E-state index is 13.1. The molecule has 1 fully saturated rings. The van der Waals surface area contributed by atoms with Gasteiger partial charge in [0.1, 0.15) is 5.60 Å². The largest absolute Gasteiger partial charge is 0.381 e. The third-order valence-electron chi connectivity index (χ3n) is 7.16. The summed E-state index contributed by atoms with van der Waals surface area (Å²) in [5, 5.41) is 13.1. The molecule has 2 amide bonds. The van der Waals surface area contributed by atoms with Crippen molar-refractivity contribution in [3.63, 3.8) is 0 Å². The minimum Gasteiger partial charge on any atom is -0.381 e. The molecule has 39 heavy (non-hydrogen) atoms. The number of halogens is 1. The van der Waals surface area contributed by atoms with Crippen LogP contribution in [0.15, 0.2) is 59.5 Å². The molecule has 0 bridgehead atoms. The van der Waals surface area contributed by atoms with E-state index in [1.165, 1.54) is 20.1 Å². The summed E-state index contributed by atoms with van der Waals surface area (Å²) in [5.41, 5.74) is 0.364. The van der Waals surface area contributed by atoms with Crippen molar-refractivity contribution in [1.82, 2.24) is 15.1 Å². The second-order valence-electron chi connectivity index (χ2n) is 10.6. The van der Waals surface area contributed by atoms with Gasteiger partial charge in [0.25, 0.3) is 5.91 Å². The average Bonchev–Trinajstić information content (AvgIpc) is 2.87. The van der Waals surface area contributed by atoms with Crippen LogP contribution in [-0.2, 0) is 25.8 Å². The summed E-state index contributed by atoms with van der Waals surface area (Å²) in [5.74, 6) is -0.343. The fourth-order valence-electron chi connectivity index (χ4n) is 4.88. The normalized spacial score (nSPS) is 15.7. The zero-order valence-electron chi connectivity index (χ0n) is 23.3. The van der Waals surface area contributed by atoms with Crippen molar-refractivity contribution in [2.45, 2.75) is 69.0 Å². The molecule has 0 spiro atoms. The Labute approximate surface area is 239 Å². The maximum Gasteiger partial charge on any atom is 0.251 e. The smallest absolute Gasteiger partial charge is 0.251 e. The molecular weight excluding hydrogens is 538 g/mol. The van der Waals surface area contributed by atoms with Crippen LogP contribution in [-0.4, -0.2) is 79.2 Å². The number of nitrogens with zero attached hydrogens (tertiary/aromatic N) is 2. The van der Waals surface area contributed by atoms with Crippen LogP contribution in [0.1, 0.15) is 57.2 Å². The Kier molecular flexibility index (Phi) is 12.0. The highest BCUT2D eigenvalue weighted by Crippen LogP contribution is 2.22. The topological polar surface area (TPSA) is 107 Å². The molecule has 0 saturated carbocycles. The number of hydrogen-bond donors (Lipinski definition) is 2. The van der Waals surface area contributed by atoms with Crippen LogP contribution in [0.25, 0.3) is 0 Å². The standard InChI is InChI=1S/C29H41N3O5S.ClH/c1-5-32(27(33)21-22-11-13-25(14-12-22)38(4,36)37)24-15-18-31(19-16-24)20-17-26(23-9-7-6-8-10-23)30-28(34)29(2,3)35;/h6-14,24,26,35H,5,15-21H2,1-4H3,(H,30,34);1H/t26-;/m0./s1. The lowest BCUT2D eigenvalue weighted by atomic mass is 9.99. The highest BCUT2D eigenvalue weighted by Gasteiger charge is 2.29. The van der Waals surface area contributed by atoms with Crippen molar-refractivity contribution in [3.8, 4) is 0 Å². The Hall–Kier alpha value is -2.46. The quantitative estimate of drug-likeness (QED) is 0.423. The monoisotopic (exact) mass is 579 g/mol. The Morgan fingerprint density at radius 2 is 1.67 bits per heavy atom. The van der Waals surface area contributed by atoms with Gasteiger partial charge in [-0.2, -0.15) is 0 Å². The van der Waals surface area contributed by atoms with Gasteiger partial charge in [-0.15, -0.1) is 12.4 Å². The van der Waals surface area contributed by atoms with Gasteiger partial charge in [-0.3, -0.25) is 9.59 Å². The first-order valence-electron chi connectivity index (χ1n) is 13.3. The van der Waals surface area contributed by atoms with Crippen LogP contribution >= 0.6 is 12.4 Å². The number of carbonyl (C=O) groups excluding carboxylic acids is 2. The molecule has 10 heteroatoms. The van der Waals surface area contributed by atoms with E-state index in [1.54, 1.807) is 24.3 Å². The molecule has 1 heterocycles. The molecule has 8 nitrogen and oxygen atoms in total. The number of likely N-dealkylation sites (N-methyl/N-ethyl adjacent to an activating group) is 1. The van der Waals surface area contributed by atoms with Crippen LogP contribution in [0, 0.1) is 0 Å². The van der Waals surface area contributed by atoms with Gasteiger partial charge in [-0.05, 0) is 63.3 Å². The van der Waals surface area contributed by atoms with Gasteiger partial charge < -0.3 is 20.2 Å². The second kappa shape index (κ2) is 14.3. The highest BCUT2D eigenvalue weighted by atomic mass is 35.5. The van der Waals surface area contributed by atoms with Crippen molar-refractivity contribution in [3.05, 3.63) is 65.7 Å². The summed E-state index contributed by atoms with van der Waals surface area (Å²) in [7, 11) is -3.26. The molecule has 0 unspecified atom stereocenters. The van der Waals surface area contributed by atoms with E-state index in [0.29, 0.717) is 6.54 Å². The number of hydrogen-bond acceptors (Lipinski definition) is 6. The number of nitrogens with one attached hydrogen (secondary N) is 1. The lowest BCUT2D eigenvalue weighted by Crippen LogP contribution is -2.48. The molecule has 3 rings (SSSR count). The molecule has 1 saturated heterocycles.